The number of halogens is 1. The zero-order chi connectivity index (χ0) is 16.0. The molecule has 7 heteroatoms. The minimum absolute atomic E-state index is 0.121. The number of benzene rings is 1. The van der Waals surface area contributed by atoms with E-state index in [9.17, 15) is 8.42 Å². The van der Waals surface area contributed by atoms with Gasteiger partial charge in [0.15, 0.2) is 0 Å². The second-order valence-corrected chi connectivity index (χ2v) is 7.51. The molecule has 21 heavy (non-hydrogen) atoms. The van der Waals surface area contributed by atoms with E-state index in [1.807, 2.05) is 0 Å². The lowest BCUT2D eigenvalue weighted by molar-refractivity contribution is 0.108. The number of nitrogens with two attached hydrogens (primary N) is 1. The van der Waals surface area contributed by atoms with Crippen LogP contribution in [0.15, 0.2) is 17.0 Å². The molecule has 5 nitrogen and oxygen atoms in total. The highest BCUT2D eigenvalue weighted by Gasteiger charge is 2.18. The minimum atomic E-state index is -3.61. The Hall–Kier alpha value is -0.820. The fourth-order valence-corrected chi connectivity index (χ4v) is 3.39. The second kappa shape index (κ2) is 7.98. The summed E-state index contributed by atoms with van der Waals surface area (Å²) >= 11 is 5.87. The van der Waals surface area contributed by atoms with Crippen molar-refractivity contribution in [3.05, 3.63) is 22.7 Å². The van der Waals surface area contributed by atoms with Gasteiger partial charge in [0.2, 0.25) is 10.0 Å². The van der Waals surface area contributed by atoms with Crippen LogP contribution in [0.1, 0.15) is 25.8 Å². The van der Waals surface area contributed by atoms with Gasteiger partial charge in [-0.1, -0.05) is 25.4 Å². The molecule has 0 amide bonds. The summed E-state index contributed by atoms with van der Waals surface area (Å²) in [6.45, 7) is 7.30. The van der Waals surface area contributed by atoms with Gasteiger partial charge in [-0.15, -0.1) is 0 Å². The van der Waals surface area contributed by atoms with E-state index >= 15 is 0 Å². The van der Waals surface area contributed by atoms with Crippen molar-refractivity contribution in [2.75, 3.05) is 25.5 Å². The summed E-state index contributed by atoms with van der Waals surface area (Å²) in [6.07, 6.45) is 0.612. The first-order chi connectivity index (χ1) is 9.74. The standard InChI is InChI=1S/C14H23ClN2O3S/c1-10(2)9-20-6-4-5-17-21(18,19)14-8-12(15)7-13(16)11(14)3/h7-8,10,17H,4-6,9,16H2,1-3H3. The zero-order valence-corrected chi connectivity index (χ0v) is 14.2. The van der Waals surface area contributed by atoms with E-state index in [0.717, 1.165) is 0 Å². The molecule has 3 N–H and O–H groups in total. The highest BCUT2D eigenvalue weighted by molar-refractivity contribution is 7.89. The van der Waals surface area contributed by atoms with Crippen LogP contribution in [0.3, 0.4) is 0 Å². The molecule has 1 aromatic rings. The number of nitrogen functional groups attached to an aromatic ring is 1. The highest BCUT2D eigenvalue weighted by Crippen LogP contribution is 2.25. The Morgan fingerprint density at radius 2 is 2.05 bits per heavy atom. The van der Waals surface area contributed by atoms with E-state index in [2.05, 4.69) is 18.6 Å². The molecule has 0 bridgehead atoms. The predicted octanol–water partition coefficient (Wildman–Crippen LogP) is 2.57. The van der Waals surface area contributed by atoms with Crippen LogP contribution in [0.25, 0.3) is 0 Å². The number of ether oxygens (including phenoxy) is 1. The molecule has 0 aromatic heterocycles. The average molecular weight is 335 g/mol. The summed E-state index contributed by atoms with van der Waals surface area (Å²) in [5.41, 5.74) is 6.61. The average Bonchev–Trinajstić information content (AvgIpc) is 2.37. The van der Waals surface area contributed by atoms with Gasteiger partial charge < -0.3 is 10.5 Å². The van der Waals surface area contributed by atoms with E-state index in [-0.39, 0.29) is 4.90 Å². The van der Waals surface area contributed by atoms with Crippen LogP contribution in [-0.2, 0) is 14.8 Å². The molecule has 120 valence electrons. The van der Waals surface area contributed by atoms with Crippen LogP contribution in [-0.4, -0.2) is 28.2 Å². The van der Waals surface area contributed by atoms with Crippen molar-refractivity contribution in [3.8, 4) is 0 Å². The van der Waals surface area contributed by atoms with Crippen molar-refractivity contribution in [2.45, 2.75) is 32.1 Å². The van der Waals surface area contributed by atoms with Gasteiger partial charge in [-0.05, 0) is 37.0 Å². The Balaban J connectivity index is 2.59. The summed E-state index contributed by atoms with van der Waals surface area (Å²) in [6, 6.07) is 2.94. The van der Waals surface area contributed by atoms with E-state index in [1.54, 1.807) is 6.92 Å². The lowest BCUT2D eigenvalue weighted by Crippen LogP contribution is -2.26. The highest BCUT2D eigenvalue weighted by atomic mass is 35.5. The number of hydrogen-bond acceptors (Lipinski definition) is 4. The molecule has 1 aromatic carbocycles. The molecule has 0 aliphatic carbocycles. The number of rotatable bonds is 8. The van der Waals surface area contributed by atoms with E-state index in [0.29, 0.717) is 48.4 Å². The molecule has 0 aliphatic rings. The van der Waals surface area contributed by atoms with Gasteiger partial charge in [0.25, 0.3) is 0 Å². The lowest BCUT2D eigenvalue weighted by atomic mass is 10.2. The number of nitrogens with one attached hydrogen (secondary N) is 1. The van der Waals surface area contributed by atoms with Gasteiger partial charge in [0, 0.05) is 30.5 Å². The SMILES string of the molecule is Cc1c(N)cc(Cl)cc1S(=O)(=O)NCCCOCC(C)C. The smallest absolute Gasteiger partial charge is 0.240 e. The van der Waals surface area contributed by atoms with Crippen molar-refractivity contribution in [1.29, 1.82) is 0 Å². The molecule has 0 saturated heterocycles. The summed E-state index contributed by atoms with van der Waals surface area (Å²) in [5, 5.41) is 0.304. The van der Waals surface area contributed by atoms with Crippen molar-refractivity contribution in [1.82, 2.24) is 4.72 Å². The molecule has 0 aliphatic heterocycles. The fourth-order valence-electron chi connectivity index (χ4n) is 1.73. The summed E-state index contributed by atoms with van der Waals surface area (Å²) in [4.78, 5) is 0.121. The quantitative estimate of drug-likeness (QED) is 0.565. The third-order valence-corrected chi connectivity index (χ3v) is 4.67. The Morgan fingerprint density at radius 3 is 2.67 bits per heavy atom. The van der Waals surface area contributed by atoms with Crippen LogP contribution in [0.2, 0.25) is 5.02 Å². The second-order valence-electron chi connectivity index (χ2n) is 5.34. The third kappa shape index (κ3) is 5.82. The van der Waals surface area contributed by atoms with E-state index < -0.39 is 10.0 Å². The van der Waals surface area contributed by atoms with E-state index in [1.165, 1.54) is 12.1 Å². The zero-order valence-electron chi connectivity index (χ0n) is 12.6. The third-order valence-electron chi connectivity index (χ3n) is 2.86. The monoisotopic (exact) mass is 334 g/mol. The Kier molecular flexibility index (Phi) is 6.93. The molecule has 0 fully saturated rings. The molecular weight excluding hydrogens is 312 g/mol. The lowest BCUT2D eigenvalue weighted by Gasteiger charge is -2.12. The van der Waals surface area contributed by atoms with Crippen molar-refractivity contribution >= 4 is 27.3 Å². The van der Waals surface area contributed by atoms with Gasteiger partial charge in [-0.2, -0.15) is 0 Å². The molecular formula is C14H23ClN2O3S. The van der Waals surface area contributed by atoms with Crippen molar-refractivity contribution < 1.29 is 13.2 Å². The number of hydrogen-bond donors (Lipinski definition) is 2. The Morgan fingerprint density at radius 1 is 1.38 bits per heavy atom. The maximum absolute atomic E-state index is 12.2. The minimum Gasteiger partial charge on any atom is -0.398 e. The van der Waals surface area contributed by atoms with Gasteiger partial charge in [0.05, 0.1) is 4.90 Å². The normalized spacial score (nSPS) is 12.0. The Labute approximate surface area is 131 Å². The van der Waals surface area contributed by atoms with Crippen LogP contribution < -0.4 is 10.5 Å². The molecule has 0 atom stereocenters. The molecule has 0 radical (unpaired) electrons. The molecule has 0 saturated carbocycles. The van der Waals surface area contributed by atoms with Crippen molar-refractivity contribution in [2.24, 2.45) is 5.92 Å². The summed E-state index contributed by atoms with van der Waals surface area (Å²) in [5.74, 6) is 0.471. The molecule has 1 rings (SSSR count). The maximum atomic E-state index is 12.2. The van der Waals surface area contributed by atoms with E-state index in [4.69, 9.17) is 22.1 Å². The van der Waals surface area contributed by atoms with Gasteiger partial charge >= 0.3 is 0 Å². The molecule has 0 heterocycles. The number of sulfonamides is 1. The largest absolute Gasteiger partial charge is 0.398 e. The van der Waals surface area contributed by atoms with Crippen LogP contribution in [0, 0.1) is 12.8 Å². The molecule has 0 spiro atoms. The molecule has 0 unspecified atom stereocenters. The maximum Gasteiger partial charge on any atom is 0.240 e. The summed E-state index contributed by atoms with van der Waals surface area (Å²) in [7, 11) is -3.61. The van der Waals surface area contributed by atoms with Crippen LogP contribution in [0.5, 0.6) is 0 Å². The van der Waals surface area contributed by atoms with Crippen LogP contribution >= 0.6 is 11.6 Å². The first-order valence-corrected chi connectivity index (χ1v) is 8.73. The van der Waals surface area contributed by atoms with Gasteiger partial charge in [-0.3, -0.25) is 0 Å². The first kappa shape index (κ1) is 18.2. The predicted molar refractivity (Wildman–Crippen MR) is 86.1 cm³/mol. The fraction of sp³-hybridized carbons (Fsp3) is 0.571. The van der Waals surface area contributed by atoms with Crippen LogP contribution in [0.4, 0.5) is 5.69 Å². The first-order valence-electron chi connectivity index (χ1n) is 6.87. The van der Waals surface area contributed by atoms with Gasteiger partial charge in [0.1, 0.15) is 0 Å². The summed E-state index contributed by atoms with van der Waals surface area (Å²) < 4.78 is 32.4. The van der Waals surface area contributed by atoms with Crippen molar-refractivity contribution in [3.63, 3.8) is 0 Å². The topological polar surface area (TPSA) is 81.4 Å². The van der Waals surface area contributed by atoms with Gasteiger partial charge in [-0.25, -0.2) is 13.1 Å². The number of anilines is 1. The Bertz CT molecular complexity index is 574.